The minimum Gasteiger partial charge on any atom is -0.487 e. The lowest BCUT2D eigenvalue weighted by atomic mass is 10.0. The number of nitrogens with one attached hydrogen (secondary N) is 1. The third kappa shape index (κ3) is 2.97. The van der Waals surface area contributed by atoms with E-state index in [1.807, 2.05) is 26.8 Å². The first-order valence-corrected chi connectivity index (χ1v) is 8.04. The zero-order valence-corrected chi connectivity index (χ0v) is 14.3. The van der Waals surface area contributed by atoms with Crippen LogP contribution in [-0.2, 0) is 0 Å². The Labute approximate surface area is 145 Å². The molecule has 2 aliphatic rings. The summed E-state index contributed by atoms with van der Waals surface area (Å²) in [5.41, 5.74) is -0.134. The summed E-state index contributed by atoms with van der Waals surface area (Å²) in [6.45, 7) is 5.45. The van der Waals surface area contributed by atoms with Crippen LogP contribution in [0.3, 0.4) is 0 Å². The molecule has 1 aliphatic heterocycles. The van der Waals surface area contributed by atoms with Crippen LogP contribution in [0, 0.1) is 0 Å². The Hall–Kier alpha value is -2.83. The quantitative estimate of drug-likeness (QED) is 0.648. The van der Waals surface area contributed by atoms with E-state index in [4.69, 9.17) is 4.74 Å². The fourth-order valence-electron chi connectivity index (χ4n) is 3.30. The number of carbonyl (C=O) groups is 3. The molecule has 1 aliphatic carbocycles. The highest BCUT2D eigenvalue weighted by Gasteiger charge is 2.40. The minimum absolute atomic E-state index is 0.204. The molecule has 1 aromatic carbocycles. The van der Waals surface area contributed by atoms with Gasteiger partial charge >= 0.3 is 6.09 Å². The lowest BCUT2D eigenvalue weighted by molar-refractivity contribution is 0.0420. The molecule has 25 heavy (non-hydrogen) atoms. The summed E-state index contributed by atoms with van der Waals surface area (Å²) in [5.74, 6) is -0.656. The maximum Gasteiger partial charge on any atom is 0.408 e. The fourth-order valence-corrected chi connectivity index (χ4v) is 3.30. The standard InChI is InChI=1S/C18H20N2O5/c1-18(2,3)20(17(23)24)11-7-5-8-12(11)25-13-9-4-6-10-14(13)16(22)19-15(10)21/h4-7,9,11-12H,8H2,1-3H3,(H,23,24)(H,19,21,22)/t11-,12+/m0/s1. The molecular formula is C18H20N2O5. The first kappa shape index (κ1) is 17.0. The number of hydrogen-bond acceptors (Lipinski definition) is 4. The van der Waals surface area contributed by atoms with Gasteiger partial charge in [-0.3, -0.25) is 19.8 Å². The van der Waals surface area contributed by atoms with Crippen molar-refractivity contribution in [3.63, 3.8) is 0 Å². The Kier molecular flexibility index (Phi) is 4.02. The number of fused-ring (bicyclic) bond motifs is 1. The number of carboxylic acid groups (broad SMARTS) is 1. The molecule has 0 aromatic heterocycles. The van der Waals surface area contributed by atoms with Crippen molar-refractivity contribution >= 4 is 17.9 Å². The predicted molar refractivity (Wildman–Crippen MR) is 89.8 cm³/mol. The highest BCUT2D eigenvalue weighted by molar-refractivity contribution is 6.22. The predicted octanol–water partition coefficient (Wildman–Crippen LogP) is 2.42. The van der Waals surface area contributed by atoms with Crippen LogP contribution in [0.2, 0.25) is 0 Å². The lowest BCUT2D eigenvalue weighted by Crippen LogP contribution is -2.54. The Morgan fingerprint density at radius 1 is 1.28 bits per heavy atom. The van der Waals surface area contributed by atoms with Crippen LogP contribution in [-0.4, -0.2) is 45.6 Å². The molecule has 2 N–H and O–H groups in total. The molecule has 3 rings (SSSR count). The van der Waals surface area contributed by atoms with Crippen LogP contribution in [0.5, 0.6) is 5.75 Å². The van der Waals surface area contributed by atoms with Crippen molar-refractivity contribution in [1.82, 2.24) is 10.2 Å². The zero-order chi connectivity index (χ0) is 18.4. The number of imide groups is 1. The number of carbonyl (C=O) groups excluding carboxylic acids is 2. The molecule has 3 amide bonds. The van der Waals surface area contributed by atoms with Gasteiger partial charge in [0.1, 0.15) is 11.9 Å². The second kappa shape index (κ2) is 5.91. The van der Waals surface area contributed by atoms with Gasteiger partial charge in [-0.1, -0.05) is 18.2 Å². The molecule has 0 spiro atoms. The van der Waals surface area contributed by atoms with E-state index in [2.05, 4.69) is 5.32 Å². The van der Waals surface area contributed by atoms with Gasteiger partial charge in [0.25, 0.3) is 11.8 Å². The fraction of sp³-hybridized carbons (Fsp3) is 0.389. The molecule has 2 atom stereocenters. The van der Waals surface area contributed by atoms with Gasteiger partial charge in [0.05, 0.1) is 17.2 Å². The highest BCUT2D eigenvalue weighted by atomic mass is 16.5. The molecule has 1 aromatic rings. The van der Waals surface area contributed by atoms with Crippen molar-refractivity contribution in [3.05, 3.63) is 41.5 Å². The Balaban J connectivity index is 1.91. The van der Waals surface area contributed by atoms with Gasteiger partial charge in [0.15, 0.2) is 0 Å². The smallest absolute Gasteiger partial charge is 0.408 e. The summed E-state index contributed by atoms with van der Waals surface area (Å²) in [5, 5.41) is 11.9. The number of amides is 3. The third-order valence-corrected chi connectivity index (χ3v) is 4.31. The third-order valence-electron chi connectivity index (χ3n) is 4.31. The van der Waals surface area contributed by atoms with E-state index in [9.17, 15) is 19.5 Å². The van der Waals surface area contributed by atoms with E-state index in [1.165, 1.54) is 4.90 Å². The maximum atomic E-state index is 12.0. The van der Waals surface area contributed by atoms with Gasteiger partial charge in [-0.25, -0.2) is 4.79 Å². The SMILES string of the molecule is CC(C)(C)N(C(=O)O)[C@H]1C=CC[C@H]1Oc1cccc2c1C(=O)NC2=O. The van der Waals surface area contributed by atoms with Gasteiger partial charge < -0.3 is 9.84 Å². The second-order valence-electron chi connectivity index (χ2n) is 7.10. The number of nitrogens with zero attached hydrogens (tertiary/aromatic N) is 1. The molecule has 1 heterocycles. The number of hydrogen-bond donors (Lipinski definition) is 2. The monoisotopic (exact) mass is 344 g/mol. The molecule has 0 radical (unpaired) electrons. The summed E-state index contributed by atoms with van der Waals surface area (Å²) >= 11 is 0. The second-order valence-corrected chi connectivity index (χ2v) is 7.10. The van der Waals surface area contributed by atoms with Crippen LogP contribution >= 0.6 is 0 Å². The molecule has 0 unspecified atom stereocenters. The molecule has 0 saturated carbocycles. The van der Waals surface area contributed by atoms with Crippen molar-refractivity contribution in [2.24, 2.45) is 0 Å². The van der Waals surface area contributed by atoms with E-state index < -0.39 is 35.6 Å². The van der Waals surface area contributed by atoms with Crippen molar-refractivity contribution < 1.29 is 24.2 Å². The zero-order valence-electron chi connectivity index (χ0n) is 14.3. The van der Waals surface area contributed by atoms with Crippen LogP contribution < -0.4 is 10.1 Å². The average Bonchev–Trinajstić information content (AvgIpc) is 3.04. The van der Waals surface area contributed by atoms with Crippen molar-refractivity contribution in [1.29, 1.82) is 0 Å². The Morgan fingerprint density at radius 2 is 2.00 bits per heavy atom. The molecule has 132 valence electrons. The van der Waals surface area contributed by atoms with Crippen molar-refractivity contribution in [2.45, 2.75) is 44.9 Å². The van der Waals surface area contributed by atoms with E-state index in [0.717, 1.165) is 0 Å². The molecular weight excluding hydrogens is 324 g/mol. The molecule has 0 bridgehead atoms. The van der Waals surface area contributed by atoms with Gasteiger partial charge in [-0.15, -0.1) is 0 Å². The van der Waals surface area contributed by atoms with Gasteiger partial charge in [0, 0.05) is 12.0 Å². The first-order chi connectivity index (χ1) is 11.7. The summed E-state index contributed by atoms with van der Waals surface area (Å²) in [6, 6.07) is 4.34. The molecule has 7 heteroatoms. The van der Waals surface area contributed by atoms with Crippen molar-refractivity contribution in [3.8, 4) is 5.75 Å². The minimum atomic E-state index is -1.04. The lowest BCUT2D eigenvalue weighted by Gasteiger charge is -2.39. The number of ether oxygens (including phenoxy) is 1. The average molecular weight is 344 g/mol. The van der Waals surface area contributed by atoms with E-state index in [-0.39, 0.29) is 11.1 Å². The summed E-state index contributed by atoms with van der Waals surface area (Å²) in [7, 11) is 0. The van der Waals surface area contributed by atoms with E-state index >= 15 is 0 Å². The van der Waals surface area contributed by atoms with Gasteiger partial charge in [-0.2, -0.15) is 0 Å². The largest absolute Gasteiger partial charge is 0.487 e. The summed E-state index contributed by atoms with van der Waals surface area (Å²) in [6.07, 6.45) is 2.68. The summed E-state index contributed by atoms with van der Waals surface area (Å²) < 4.78 is 6.00. The number of benzene rings is 1. The van der Waals surface area contributed by atoms with Gasteiger partial charge in [0.2, 0.25) is 0 Å². The summed E-state index contributed by atoms with van der Waals surface area (Å²) in [4.78, 5) is 36.9. The number of rotatable bonds is 3. The molecule has 7 nitrogen and oxygen atoms in total. The topological polar surface area (TPSA) is 95.9 Å². The van der Waals surface area contributed by atoms with Crippen LogP contribution in [0.1, 0.15) is 47.9 Å². The Bertz CT molecular complexity index is 778. The molecule has 0 fully saturated rings. The van der Waals surface area contributed by atoms with Crippen LogP contribution in [0.4, 0.5) is 4.79 Å². The normalized spacial score (nSPS) is 21.9. The highest BCUT2D eigenvalue weighted by Crippen LogP contribution is 2.32. The van der Waals surface area contributed by atoms with Crippen LogP contribution in [0.15, 0.2) is 30.4 Å². The van der Waals surface area contributed by atoms with E-state index in [1.54, 1.807) is 24.3 Å². The maximum absolute atomic E-state index is 12.0. The van der Waals surface area contributed by atoms with Gasteiger partial charge in [-0.05, 0) is 32.9 Å². The van der Waals surface area contributed by atoms with Crippen molar-refractivity contribution in [2.75, 3.05) is 0 Å². The molecule has 0 saturated heterocycles. The van der Waals surface area contributed by atoms with Crippen LogP contribution in [0.25, 0.3) is 0 Å². The van der Waals surface area contributed by atoms with E-state index in [0.29, 0.717) is 12.2 Å². The first-order valence-electron chi connectivity index (χ1n) is 8.04. The Morgan fingerprint density at radius 3 is 2.64 bits per heavy atom.